The van der Waals surface area contributed by atoms with Crippen molar-refractivity contribution in [3.8, 4) is 0 Å². The van der Waals surface area contributed by atoms with Gasteiger partial charge in [0.2, 0.25) is 10.0 Å². The van der Waals surface area contributed by atoms with E-state index >= 15 is 0 Å². The molecule has 26 heavy (non-hydrogen) atoms. The van der Waals surface area contributed by atoms with E-state index in [1.165, 1.54) is 0 Å². The Kier molecular flexibility index (Phi) is 6.11. The molecular formula is C19H21BrN2O3S. The maximum absolute atomic E-state index is 12.6. The van der Waals surface area contributed by atoms with Gasteiger partial charge in [-0.3, -0.25) is 4.79 Å². The zero-order valence-electron chi connectivity index (χ0n) is 14.3. The van der Waals surface area contributed by atoms with Crippen LogP contribution in [0.4, 0.5) is 0 Å². The fourth-order valence-corrected chi connectivity index (χ4v) is 4.70. The largest absolute Gasteiger partial charge is 0.348 e. The predicted octanol–water partition coefficient (Wildman–Crippen LogP) is 3.55. The summed E-state index contributed by atoms with van der Waals surface area (Å²) < 4.78 is 27.7. The van der Waals surface area contributed by atoms with Gasteiger partial charge >= 0.3 is 0 Å². The smallest absolute Gasteiger partial charge is 0.251 e. The Morgan fingerprint density at radius 1 is 0.962 bits per heavy atom. The summed E-state index contributed by atoms with van der Waals surface area (Å²) in [6, 6.07) is 13.8. The van der Waals surface area contributed by atoms with E-state index in [0.29, 0.717) is 30.1 Å². The van der Waals surface area contributed by atoms with Gasteiger partial charge in [-0.15, -0.1) is 0 Å². The van der Waals surface area contributed by atoms with Gasteiger partial charge in [0.25, 0.3) is 5.91 Å². The van der Waals surface area contributed by atoms with E-state index in [0.717, 1.165) is 29.3 Å². The molecule has 7 heteroatoms. The van der Waals surface area contributed by atoms with Crippen LogP contribution in [0.25, 0.3) is 0 Å². The molecule has 0 aromatic heterocycles. The number of nitrogens with one attached hydrogen (secondary N) is 1. The molecule has 138 valence electrons. The van der Waals surface area contributed by atoms with Crippen molar-refractivity contribution >= 4 is 31.9 Å². The molecule has 0 saturated carbocycles. The first-order chi connectivity index (χ1) is 12.5. The molecule has 1 N–H and O–H groups in total. The number of carbonyl (C=O) groups excluding carboxylic acids is 1. The summed E-state index contributed by atoms with van der Waals surface area (Å²) in [5, 5.41) is 2.84. The molecule has 0 spiro atoms. The molecule has 0 aliphatic carbocycles. The molecule has 1 amide bonds. The van der Waals surface area contributed by atoms with Crippen molar-refractivity contribution < 1.29 is 13.2 Å². The van der Waals surface area contributed by atoms with E-state index in [4.69, 9.17) is 0 Å². The SMILES string of the molecule is O=C(NCc1ccc(S(=O)(=O)N2CCCCC2)cc1)c1ccc(Br)cc1. The Labute approximate surface area is 162 Å². The van der Waals surface area contributed by atoms with Crippen LogP contribution < -0.4 is 5.32 Å². The minimum atomic E-state index is -3.42. The lowest BCUT2D eigenvalue weighted by Gasteiger charge is -2.25. The maximum Gasteiger partial charge on any atom is 0.251 e. The van der Waals surface area contributed by atoms with Gasteiger partial charge in [-0.2, -0.15) is 4.31 Å². The molecule has 2 aromatic carbocycles. The number of hydrogen-bond acceptors (Lipinski definition) is 3. The first kappa shape index (κ1) is 19.1. The molecular weight excluding hydrogens is 416 g/mol. The van der Waals surface area contributed by atoms with Gasteiger partial charge < -0.3 is 5.32 Å². The zero-order chi connectivity index (χ0) is 18.6. The number of halogens is 1. The Morgan fingerprint density at radius 3 is 2.19 bits per heavy atom. The van der Waals surface area contributed by atoms with Crippen LogP contribution in [0.5, 0.6) is 0 Å². The molecule has 3 rings (SSSR count). The minimum Gasteiger partial charge on any atom is -0.348 e. The van der Waals surface area contributed by atoms with Gasteiger partial charge in [-0.1, -0.05) is 34.5 Å². The van der Waals surface area contributed by atoms with Crippen molar-refractivity contribution in [1.29, 1.82) is 0 Å². The lowest BCUT2D eigenvalue weighted by molar-refractivity contribution is 0.0951. The monoisotopic (exact) mass is 436 g/mol. The van der Waals surface area contributed by atoms with Crippen molar-refractivity contribution in [1.82, 2.24) is 9.62 Å². The third-order valence-corrected chi connectivity index (χ3v) is 6.88. The maximum atomic E-state index is 12.6. The third kappa shape index (κ3) is 4.52. The lowest BCUT2D eigenvalue weighted by atomic mass is 10.2. The van der Waals surface area contributed by atoms with Crippen LogP contribution in [0, 0.1) is 0 Å². The van der Waals surface area contributed by atoms with Crippen molar-refractivity contribution in [3.63, 3.8) is 0 Å². The number of benzene rings is 2. The van der Waals surface area contributed by atoms with Crippen molar-refractivity contribution in [3.05, 3.63) is 64.1 Å². The summed E-state index contributed by atoms with van der Waals surface area (Å²) >= 11 is 3.34. The molecule has 0 bridgehead atoms. The van der Waals surface area contributed by atoms with Gasteiger partial charge in [0.1, 0.15) is 0 Å². The first-order valence-corrected chi connectivity index (χ1v) is 10.8. The first-order valence-electron chi connectivity index (χ1n) is 8.60. The Morgan fingerprint density at radius 2 is 1.58 bits per heavy atom. The molecule has 1 fully saturated rings. The van der Waals surface area contributed by atoms with E-state index in [2.05, 4.69) is 21.2 Å². The summed E-state index contributed by atoms with van der Waals surface area (Å²) in [6.45, 7) is 1.53. The van der Waals surface area contributed by atoms with E-state index in [1.807, 2.05) is 12.1 Å². The van der Waals surface area contributed by atoms with E-state index in [9.17, 15) is 13.2 Å². The Bertz CT molecular complexity index is 859. The quantitative estimate of drug-likeness (QED) is 0.778. The van der Waals surface area contributed by atoms with Crippen molar-refractivity contribution in [2.75, 3.05) is 13.1 Å². The second-order valence-electron chi connectivity index (χ2n) is 6.30. The standard InChI is InChI=1S/C19H21BrN2O3S/c20-17-8-6-16(7-9-17)19(23)21-14-15-4-10-18(11-5-15)26(24,25)22-12-2-1-3-13-22/h4-11H,1-3,12-14H2,(H,21,23). The highest BCUT2D eigenvalue weighted by Crippen LogP contribution is 2.21. The van der Waals surface area contributed by atoms with Crippen LogP contribution >= 0.6 is 15.9 Å². The molecule has 0 unspecified atom stereocenters. The van der Waals surface area contributed by atoms with Crippen LogP contribution in [-0.2, 0) is 16.6 Å². The number of piperidine rings is 1. The Balaban J connectivity index is 1.62. The molecule has 0 radical (unpaired) electrons. The van der Waals surface area contributed by atoms with Crippen LogP contribution in [0.3, 0.4) is 0 Å². The molecule has 1 heterocycles. The topological polar surface area (TPSA) is 66.5 Å². The van der Waals surface area contributed by atoms with E-state index in [-0.39, 0.29) is 5.91 Å². The van der Waals surface area contributed by atoms with Crippen LogP contribution in [0.2, 0.25) is 0 Å². The molecule has 1 saturated heterocycles. The van der Waals surface area contributed by atoms with Crippen molar-refractivity contribution in [2.45, 2.75) is 30.7 Å². The number of rotatable bonds is 5. The third-order valence-electron chi connectivity index (χ3n) is 4.44. The zero-order valence-corrected chi connectivity index (χ0v) is 16.7. The van der Waals surface area contributed by atoms with Gasteiger partial charge in [-0.25, -0.2) is 8.42 Å². The summed E-state index contributed by atoms with van der Waals surface area (Å²) in [6.07, 6.45) is 2.92. The van der Waals surface area contributed by atoms with Gasteiger partial charge in [0, 0.05) is 29.7 Å². The number of sulfonamides is 1. The van der Waals surface area contributed by atoms with Crippen LogP contribution in [0.15, 0.2) is 57.9 Å². The molecule has 5 nitrogen and oxygen atoms in total. The minimum absolute atomic E-state index is 0.164. The average Bonchev–Trinajstić information content (AvgIpc) is 2.67. The van der Waals surface area contributed by atoms with Gasteiger partial charge in [0.15, 0.2) is 0 Å². The van der Waals surface area contributed by atoms with E-state index in [1.54, 1.807) is 40.7 Å². The average molecular weight is 437 g/mol. The fourth-order valence-electron chi connectivity index (χ4n) is 2.92. The van der Waals surface area contributed by atoms with Gasteiger partial charge in [-0.05, 0) is 54.8 Å². The highest BCUT2D eigenvalue weighted by Gasteiger charge is 2.25. The summed E-state index contributed by atoms with van der Waals surface area (Å²) in [5.41, 5.74) is 1.44. The molecule has 1 aliphatic heterocycles. The van der Waals surface area contributed by atoms with Gasteiger partial charge in [0.05, 0.1) is 4.90 Å². The van der Waals surface area contributed by atoms with Crippen LogP contribution in [-0.4, -0.2) is 31.7 Å². The van der Waals surface area contributed by atoms with Crippen LogP contribution in [0.1, 0.15) is 35.2 Å². The normalized spacial score (nSPS) is 15.6. The summed E-state index contributed by atoms with van der Waals surface area (Å²) in [4.78, 5) is 12.4. The highest BCUT2D eigenvalue weighted by atomic mass is 79.9. The predicted molar refractivity (Wildman–Crippen MR) is 104 cm³/mol. The fraction of sp³-hybridized carbons (Fsp3) is 0.316. The number of amides is 1. The molecule has 1 aliphatic rings. The van der Waals surface area contributed by atoms with Crippen molar-refractivity contribution in [2.24, 2.45) is 0 Å². The number of nitrogens with zero attached hydrogens (tertiary/aromatic N) is 1. The molecule has 0 atom stereocenters. The molecule has 2 aromatic rings. The Hall–Kier alpha value is -1.70. The second-order valence-corrected chi connectivity index (χ2v) is 9.15. The second kappa shape index (κ2) is 8.33. The number of carbonyl (C=O) groups is 1. The summed E-state index contributed by atoms with van der Waals surface area (Å²) in [5.74, 6) is -0.164. The van der Waals surface area contributed by atoms with E-state index < -0.39 is 10.0 Å². The lowest BCUT2D eigenvalue weighted by Crippen LogP contribution is -2.35. The summed E-state index contributed by atoms with van der Waals surface area (Å²) in [7, 11) is -3.42. The number of hydrogen-bond donors (Lipinski definition) is 1. The highest BCUT2D eigenvalue weighted by molar-refractivity contribution is 9.10.